The number of aromatic nitrogens is 2. The Kier molecular flexibility index (Phi) is 5.29. The van der Waals surface area contributed by atoms with E-state index < -0.39 is 52.4 Å². The number of carbonyl (C=O) groups excluding carboxylic acids is 2. The average molecular weight is 521 g/mol. The number of hydrogen-bond donors (Lipinski definition) is 2. The van der Waals surface area contributed by atoms with E-state index in [1.54, 1.807) is 7.05 Å². The Morgan fingerprint density at radius 2 is 1.86 bits per heavy atom. The van der Waals surface area contributed by atoms with Gasteiger partial charge >= 0.3 is 6.18 Å². The fourth-order valence-electron chi connectivity index (χ4n) is 4.52. The summed E-state index contributed by atoms with van der Waals surface area (Å²) in [5, 5.41) is 7.36. The van der Waals surface area contributed by atoms with Crippen LogP contribution in [0.5, 0.6) is 0 Å². The highest BCUT2D eigenvalue weighted by Crippen LogP contribution is 2.46. The summed E-state index contributed by atoms with van der Waals surface area (Å²) >= 11 is 6.28. The molecule has 0 saturated carbocycles. The number of rotatable bonds is 3. The van der Waals surface area contributed by atoms with Crippen molar-refractivity contribution in [3.8, 4) is 11.1 Å². The van der Waals surface area contributed by atoms with Gasteiger partial charge in [-0.1, -0.05) is 11.6 Å². The number of hydrogen-bond acceptors (Lipinski definition) is 3. The van der Waals surface area contributed by atoms with Crippen LogP contribution in [0, 0.1) is 11.6 Å². The van der Waals surface area contributed by atoms with Gasteiger partial charge in [0.25, 0.3) is 5.91 Å². The Labute approximate surface area is 204 Å². The Hall–Kier alpha value is -3.99. The quantitative estimate of drug-likeness (QED) is 0.367. The molecule has 3 aromatic carbocycles. The molecule has 1 aliphatic heterocycles. The maximum Gasteiger partial charge on any atom is 0.416 e. The third-order valence-corrected chi connectivity index (χ3v) is 6.31. The standard InChI is InChI=1S/C24H14ClF5N4O2/c1-34-8-9-4-13(17-14(22(31)35)5-10(6-16(17)27)24(28,29)30)18-19(20(9)33-34)23(36)32-21(18)12-7-11(26)2-3-15(12)25/h2-8,21H,1H3,(H2,31,35)(H,32,36). The largest absolute Gasteiger partial charge is 0.416 e. The van der Waals surface area contributed by atoms with Gasteiger partial charge < -0.3 is 11.1 Å². The zero-order valence-corrected chi connectivity index (χ0v) is 18.9. The number of alkyl halides is 3. The Balaban J connectivity index is 1.91. The van der Waals surface area contributed by atoms with Crippen molar-refractivity contribution < 1.29 is 31.5 Å². The van der Waals surface area contributed by atoms with Crippen LogP contribution < -0.4 is 11.1 Å². The molecule has 1 atom stereocenters. The molecule has 1 aliphatic rings. The lowest BCUT2D eigenvalue weighted by molar-refractivity contribution is -0.137. The Morgan fingerprint density at radius 3 is 2.53 bits per heavy atom. The SMILES string of the molecule is Cn1cc2cc(-c3c(F)cc(C(F)(F)F)cc3C(N)=O)c3c(c2n1)C(=O)NC3c1cc(F)ccc1Cl. The number of primary amides is 1. The van der Waals surface area contributed by atoms with E-state index in [2.05, 4.69) is 10.4 Å². The van der Waals surface area contributed by atoms with Gasteiger partial charge in [0.15, 0.2) is 0 Å². The van der Waals surface area contributed by atoms with E-state index in [1.807, 2.05) is 0 Å². The molecule has 1 aromatic heterocycles. The van der Waals surface area contributed by atoms with E-state index in [0.29, 0.717) is 11.5 Å². The molecule has 3 N–H and O–H groups in total. The molecule has 0 spiro atoms. The van der Waals surface area contributed by atoms with Gasteiger partial charge in [-0.15, -0.1) is 0 Å². The molecule has 0 aliphatic carbocycles. The van der Waals surface area contributed by atoms with Crippen molar-refractivity contribution in [1.29, 1.82) is 0 Å². The molecule has 6 nitrogen and oxygen atoms in total. The van der Waals surface area contributed by atoms with E-state index in [-0.39, 0.29) is 38.9 Å². The maximum absolute atomic E-state index is 15.4. The van der Waals surface area contributed by atoms with Gasteiger partial charge in [-0.2, -0.15) is 18.3 Å². The highest BCUT2D eigenvalue weighted by Gasteiger charge is 2.39. The number of halogens is 6. The summed E-state index contributed by atoms with van der Waals surface area (Å²) in [6, 6.07) is 4.41. The first-order chi connectivity index (χ1) is 16.9. The van der Waals surface area contributed by atoms with Crippen molar-refractivity contribution in [3.05, 3.63) is 87.1 Å². The number of nitrogens with zero attached hydrogens (tertiary/aromatic N) is 2. The predicted molar refractivity (Wildman–Crippen MR) is 120 cm³/mol. The minimum absolute atomic E-state index is 0.0110. The topological polar surface area (TPSA) is 90.0 Å². The van der Waals surface area contributed by atoms with Gasteiger partial charge in [0.2, 0.25) is 5.91 Å². The lowest BCUT2D eigenvalue weighted by atomic mass is 9.86. The van der Waals surface area contributed by atoms with Crippen molar-refractivity contribution in [3.63, 3.8) is 0 Å². The number of amides is 2. The number of nitrogens with two attached hydrogens (primary N) is 1. The summed E-state index contributed by atoms with van der Waals surface area (Å²) in [7, 11) is 1.58. The number of fused-ring (bicyclic) bond motifs is 3. The summed E-state index contributed by atoms with van der Waals surface area (Å²) in [6.45, 7) is 0. The smallest absolute Gasteiger partial charge is 0.366 e. The van der Waals surface area contributed by atoms with Crippen molar-refractivity contribution in [2.75, 3.05) is 0 Å². The Morgan fingerprint density at radius 1 is 1.14 bits per heavy atom. The van der Waals surface area contributed by atoms with Crippen LogP contribution in [-0.2, 0) is 13.2 Å². The summed E-state index contributed by atoms with van der Waals surface area (Å²) in [5.41, 5.74) is 2.99. The molecule has 2 amide bonds. The molecule has 5 rings (SSSR count). The number of aryl methyl sites for hydroxylation is 1. The molecule has 36 heavy (non-hydrogen) atoms. The zero-order valence-electron chi connectivity index (χ0n) is 18.2. The van der Waals surface area contributed by atoms with Gasteiger partial charge in [0.1, 0.15) is 17.2 Å². The fraction of sp³-hybridized carbons (Fsp3) is 0.125. The normalized spacial score (nSPS) is 15.3. The van der Waals surface area contributed by atoms with Crippen molar-refractivity contribution >= 4 is 34.3 Å². The van der Waals surface area contributed by atoms with Crippen LogP contribution in [0.2, 0.25) is 5.02 Å². The highest BCUT2D eigenvalue weighted by atomic mass is 35.5. The van der Waals surface area contributed by atoms with Crippen LogP contribution in [0.1, 0.15) is 43.4 Å². The maximum atomic E-state index is 15.4. The third kappa shape index (κ3) is 3.67. The summed E-state index contributed by atoms with van der Waals surface area (Å²) in [4.78, 5) is 25.3. The van der Waals surface area contributed by atoms with Gasteiger partial charge in [-0.25, -0.2) is 8.78 Å². The van der Waals surface area contributed by atoms with Crippen LogP contribution >= 0.6 is 11.6 Å². The van der Waals surface area contributed by atoms with Gasteiger partial charge in [-0.05, 0) is 42.0 Å². The van der Waals surface area contributed by atoms with Gasteiger partial charge in [-0.3, -0.25) is 14.3 Å². The minimum Gasteiger partial charge on any atom is -0.366 e. The predicted octanol–water partition coefficient (Wildman–Crippen LogP) is 5.12. The molecule has 184 valence electrons. The van der Waals surface area contributed by atoms with E-state index in [0.717, 1.165) is 12.1 Å². The van der Waals surface area contributed by atoms with E-state index in [4.69, 9.17) is 17.3 Å². The fourth-order valence-corrected chi connectivity index (χ4v) is 4.75. The van der Waals surface area contributed by atoms with E-state index in [9.17, 15) is 27.2 Å². The number of benzene rings is 3. The van der Waals surface area contributed by atoms with Crippen LogP contribution in [-0.4, -0.2) is 21.6 Å². The monoisotopic (exact) mass is 520 g/mol. The number of carbonyl (C=O) groups is 2. The van der Waals surface area contributed by atoms with Crippen LogP contribution in [0.15, 0.2) is 42.6 Å². The van der Waals surface area contributed by atoms with Crippen molar-refractivity contribution in [2.24, 2.45) is 12.8 Å². The molecular formula is C24H14ClF5N4O2. The molecular weight excluding hydrogens is 507 g/mol. The molecule has 0 radical (unpaired) electrons. The van der Waals surface area contributed by atoms with Crippen LogP contribution in [0.4, 0.5) is 22.0 Å². The van der Waals surface area contributed by atoms with Crippen molar-refractivity contribution in [1.82, 2.24) is 15.1 Å². The zero-order chi connectivity index (χ0) is 26.1. The average Bonchev–Trinajstić information content (AvgIpc) is 3.32. The molecule has 12 heteroatoms. The van der Waals surface area contributed by atoms with E-state index >= 15 is 4.39 Å². The van der Waals surface area contributed by atoms with Gasteiger partial charge in [0.05, 0.1) is 22.7 Å². The summed E-state index contributed by atoms with van der Waals surface area (Å²) < 4.78 is 71.0. The summed E-state index contributed by atoms with van der Waals surface area (Å²) in [6.07, 6.45) is -3.44. The Bertz CT molecular complexity index is 1610. The second-order valence-electron chi connectivity index (χ2n) is 8.27. The molecule has 0 bridgehead atoms. The lowest BCUT2D eigenvalue weighted by Gasteiger charge is -2.20. The van der Waals surface area contributed by atoms with Crippen LogP contribution in [0.25, 0.3) is 22.0 Å². The van der Waals surface area contributed by atoms with E-state index in [1.165, 1.54) is 23.0 Å². The lowest BCUT2D eigenvalue weighted by Crippen LogP contribution is -2.21. The third-order valence-electron chi connectivity index (χ3n) is 5.97. The summed E-state index contributed by atoms with van der Waals surface area (Å²) in [5.74, 6) is -4.01. The molecule has 4 aromatic rings. The first kappa shape index (κ1) is 23.7. The molecule has 0 fully saturated rings. The molecule has 1 unspecified atom stereocenters. The highest BCUT2D eigenvalue weighted by molar-refractivity contribution is 6.31. The second kappa shape index (κ2) is 8.02. The first-order valence-corrected chi connectivity index (χ1v) is 10.7. The van der Waals surface area contributed by atoms with Crippen molar-refractivity contribution in [2.45, 2.75) is 12.2 Å². The van der Waals surface area contributed by atoms with Crippen LogP contribution in [0.3, 0.4) is 0 Å². The molecule has 0 saturated heterocycles. The first-order valence-electron chi connectivity index (χ1n) is 10.3. The molecule has 2 heterocycles. The minimum atomic E-state index is -4.95. The van der Waals surface area contributed by atoms with Gasteiger partial charge in [0, 0.05) is 40.3 Å². The number of nitrogens with one attached hydrogen (secondary N) is 1. The second-order valence-corrected chi connectivity index (χ2v) is 8.68.